The summed E-state index contributed by atoms with van der Waals surface area (Å²) >= 11 is 5.41. The van der Waals surface area contributed by atoms with Crippen molar-refractivity contribution >= 4 is 17.4 Å². The van der Waals surface area contributed by atoms with Gasteiger partial charge < -0.3 is 5.11 Å². The van der Waals surface area contributed by atoms with Crippen LogP contribution in [0.1, 0.15) is 25.7 Å². The van der Waals surface area contributed by atoms with Crippen molar-refractivity contribution < 1.29 is 9.90 Å². The van der Waals surface area contributed by atoms with E-state index in [0.717, 1.165) is 25.7 Å². The molecular weight excluding hydrogens is 164 g/mol. The van der Waals surface area contributed by atoms with Gasteiger partial charge in [0.2, 0.25) is 0 Å². The van der Waals surface area contributed by atoms with Gasteiger partial charge in [-0.3, -0.25) is 4.79 Å². The number of halogens is 1. The van der Waals surface area contributed by atoms with Crippen LogP contribution in [0.4, 0.5) is 0 Å². The SMILES string of the molecule is O=C(CCl)[C@H]1CC[C@@H](O)CC1. The molecule has 0 heterocycles. The molecule has 1 fully saturated rings. The van der Waals surface area contributed by atoms with Crippen LogP contribution in [0.2, 0.25) is 0 Å². The van der Waals surface area contributed by atoms with E-state index in [4.69, 9.17) is 16.7 Å². The predicted molar refractivity (Wildman–Crippen MR) is 43.7 cm³/mol. The highest BCUT2D eigenvalue weighted by Gasteiger charge is 2.23. The van der Waals surface area contributed by atoms with Gasteiger partial charge >= 0.3 is 0 Å². The van der Waals surface area contributed by atoms with Crippen LogP contribution in [-0.2, 0) is 4.79 Å². The van der Waals surface area contributed by atoms with E-state index in [1.165, 1.54) is 0 Å². The van der Waals surface area contributed by atoms with Crippen LogP contribution in [0.25, 0.3) is 0 Å². The molecule has 0 aromatic rings. The highest BCUT2D eigenvalue weighted by Crippen LogP contribution is 2.24. The first kappa shape index (κ1) is 9.01. The van der Waals surface area contributed by atoms with Crippen LogP contribution >= 0.6 is 11.6 Å². The molecule has 1 aliphatic rings. The number of aliphatic hydroxyl groups is 1. The topological polar surface area (TPSA) is 37.3 Å². The first-order valence-electron chi connectivity index (χ1n) is 4.00. The van der Waals surface area contributed by atoms with Gasteiger partial charge in [-0.1, -0.05) is 0 Å². The highest BCUT2D eigenvalue weighted by molar-refractivity contribution is 6.27. The van der Waals surface area contributed by atoms with E-state index in [0.29, 0.717) is 0 Å². The van der Waals surface area contributed by atoms with Crippen molar-refractivity contribution in [2.75, 3.05) is 5.88 Å². The third-order valence-electron chi connectivity index (χ3n) is 2.28. The molecule has 1 saturated carbocycles. The molecule has 0 aromatic carbocycles. The van der Waals surface area contributed by atoms with Gasteiger partial charge in [0.15, 0.2) is 5.78 Å². The normalized spacial score (nSPS) is 31.8. The summed E-state index contributed by atoms with van der Waals surface area (Å²) in [6.45, 7) is 0. The Morgan fingerprint density at radius 1 is 1.36 bits per heavy atom. The van der Waals surface area contributed by atoms with Crippen molar-refractivity contribution in [3.8, 4) is 0 Å². The fraction of sp³-hybridized carbons (Fsp3) is 0.875. The molecule has 0 unspecified atom stereocenters. The maximum atomic E-state index is 11.1. The van der Waals surface area contributed by atoms with Gasteiger partial charge in [-0.05, 0) is 25.7 Å². The summed E-state index contributed by atoms with van der Waals surface area (Å²) in [5.41, 5.74) is 0. The summed E-state index contributed by atoms with van der Waals surface area (Å²) in [6, 6.07) is 0. The van der Waals surface area contributed by atoms with Gasteiger partial charge in [-0.15, -0.1) is 11.6 Å². The molecule has 2 nitrogen and oxygen atoms in total. The van der Waals surface area contributed by atoms with Crippen LogP contribution in [0.15, 0.2) is 0 Å². The van der Waals surface area contributed by atoms with Crippen molar-refractivity contribution in [2.45, 2.75) is 31.8 Å². The standard InChI is InChI=1S/C8H13ClO2/c9-5-8(11)6-1-3-7(10)4-2-6/h6-7,10H,1-5H2/t6-,7+. The summed E-state index contributed by atoms with van der Waals surface area (Å²) in [7, 11) is 0. The largest absolute Gasteiger partial charge is 0.393 e. The molecule has 1 aliphatic carbocycles. The number of Topliss-reactive ketones (excluding diaryl/α,β-unsaturated/α-hetero) is 1. The van der Waals surface area contributed by atoms with Gasteiger partial charge in [0.25, 0.3) is 0 Å². The number of alkyl halides is 1. The molecule has 0 radical (unpaired) electrons. The number of carbonyl (C=O) groups is 1. The van der Waals surface area contributed by atoms with Crippen LogP contribution in [-0.4, -0.2) is 22.9 Å². The van der Waals surface area contributed by atoms with Crippen molar-refractivity contribution in [1.29, 1.82) is 0 Å². The van der Waals surface area contributed by atoms with Crippen LogP contribution in [0, 0.1) is 5.92 Å². The minimum atomic E-state index is -0.186. The number of hydrogen-bond donors (Lipinski definition) is 1. The Morgan fingerprint density at radius 3 is 2.36 bits per heavy atom. The molecule has 0 spiro atoms. The fourth-order valence-electron chi connectivity index (χ4n) is 1.51. The van der Waals surface area contributed by atoms with E-state index in [-0.39, 0.29) is 23.7 Å². The van der Waals surface area contributed by atoms with E-state index < -0.39 is 0 Å². The van der Waals surface area contributed by atoms with Gasteiger partial charge in [0.1, 0.15) is 0 Å². The number of ketones is 1. The van der Waals surface area contributed by atoms with Gasteiger partial charge in [-0.2, -0.15) is 0 Å². The average Bonchev–Trinajstić information content (AvgIpc) is 2.05. The molecule has 1 N–H and O–H groups in total. The summed E-state index contributed by atoms with van der Waals surface area (Å²) in [6.07, 6.45) is 2.95. The second kappa shape index (κ2) is 4.07. The third kappa shape index (κ3) is 2.46. The molecule has 0 saturated heterocycles. The fourth-order valence-corrected chi connectivity index (χ4v) is 1.73. The van der Waals surface area contributed by atoms with Crippen molar-refractivity contribution in [2.24, 2.45) is 5.92 Å². The van der Waals surface area contributed by atoms with E-state index in [1.807, 2.05) is 0 Å². The number of aliphatic hydroxyl groups excluding tert-OH is 1. The molecule has 3 heteroatoms. The van der Waals surface area contributed by atoms with E-state index in [9.17, 15) is 4.79 Å². The molecule has 64 valence electrons. The zero-order valence-corrected chi connectivity index (χ0v) is 7.18. The first-order chi connectivity index (χ1) is 5.24. The Balaban J connectivity index is 2.33. The lowest BCUT2D eigenvalue weighted by Gasteiger charge is -2.23. The Hall–Kier alpha value is -0.0800. The molecule has 1 rings (SSSR count). The van der Waals surface area contributed by atoms with Crippen LogP contribution in [0.3, 0.4) is 0 Å². The maximum absolute atomic E-state index is 11.1. The van der Waals surface area contributed by atoms with Gasteiger partial charge in [-0.25, -0.2) is 0 Å². The molecule has 0 bridgehead atoms. The van der Waals surface area contributed by atoms with E-state index in [1.54, 1.807) is 0 Å². The Labute approximate surface area is 71.5 Å². The number of rotatable bonds is 2. The molecule has 11 heavy (non-hydrogen) atoms. The third-order valence-corrected chi connectivity index (χ3v) is 2.55. The Kier molecular flexibility index (Phi) is 3.34. The smallest absolute Gasteiger partial charge is 0.150 e. The second-order valence-corrected chi connectivity index (χ2v) is 3.37. The average molecular weight is 177 g/mol. The van der Waals surface area contributed by atoms with Crippen LogP contribution in [0.5, 0.6) is 0 Å². The second-order valence-electron chi connectivity index (χ2n) is 3.11. The van der Waals surface area contributed by atoms with Crippen molar-refractivity contribution in [1.82, 2.24) is 0 Å². The predicted octanol–water partition coefficient (Wildman–Crippen LogP) is 1.35. The van der Waals surface area contributed by atoms with Crippen LogP contribution < -0.4 is 0 Å². The first-order valence-corrected chi connectivity index (χ1v) is 4.54. The summed E-state index contributed by atoms with van der Waals surface area (Å²) in [4.78, 5) is 11.1. The quantitative estimate of drug-likeness (QED) is 0.645. The Bertz CT molecular complexity index is 139. The highest BCUT2D eigenvalue weighted by atomic mass is 35.5. The summed E-state index contributed by atoms with van der Waals surface area (Å²) < 4.78 is 0. The zero-order chi connectivity index (χ0) is 8.27. The number of carbonyl (C=O) groups excluding carboxylic acids is 1. The number of hydrogen-bond acceptors (Lipinski definition) is 2. The van der Waals surface area contributed by atoms with E-state index in [2.05, 4.69) is 0 Å². The Morgan fingerprint density at radius 2 is 1.91 bits per heavy atom. The monoisotopic (exact) mass is 176 g/mol. The minimum Gasteiger partial charge on any atom is -0.393 e. The zero-order valence-electron chi connectivity index (χ0n) is 6.42. The minimum absolute atomic E-state index is 0.121. The maximum Gasteiger partial charge on any atom is 0.150 e. The molecule has 0 aromatic heterocycles. The summed E-state index contributed by atoms with van der Waals surface area (Å²) in [5.74, 6) is 0.385. The summed E-state index contributed by atoms with van der Waals surface area (Å²) in [5, 5.41) is 9.14. The molecule has 0 atom stereocenters. The van der Waals surface area contributed by atoms with Crippen molar-refractivity contribution in [3.05, 3.63) is 0 Å². The van der Waals surface area contributed by atoms with Gasteiger partial charge in [0.05, 0.1) is 12.0 Å². The lowest BCUT2D eigenvalue weighted by Crippen LogP contribution is -2.24. The van der Waals surface area contributed by atoms with Gasteiger partial charge in [0, 0.05) is 5.92 Å². The molecule has 0 amide bonds. The lowest BCUT2D eigenvalue weighted by molar-refractivity contribution is -0.121. The van der Waals surface area contributed by atoms with Crippen molar-refractivity contribution in [3.63, 3.8) is 0 Å². The molecule has 0 aliphatic heterocycles. The molecular formula is C8H13ClO2. The lowest BCUT2D eigenvalue weighted by atomic mass is 9.85. The van der Waals surface area contributed by atoms with E-state index >= 15 is 0 Å².